The number of fused-ring (bicyclic) bond motifs is 6. The molecule has 0 bridgehead atoms. The van der Waals surface area contributed by atoms with E-state index in [1.165, 1.54) is 17.4 Å². The molecular formula is C18H25ClN2O4S. The molecule has 0 unspecified atom stereocenters. The van der Waals surface area contributed by atoms with Gasteiger partial charge in [0.25, 0.3) is 0 Å². The van der Waals surface area contributed by atoms with Crippen molar-refractivity contribution >= 4 is 22.4 Å². The van der Waals surface area contributed by atoms with Crippen LogP contribution in [0.2, 0.25) is 0 Å². The van der Waals surface area contributed by atoms with Crippen LogP contribution in [0, 0.1) is 5.92 Å². The maximum absolute atomic E-state index is 12.3. The number of sulfonamides is 1. The van der Waals surface area contributed by atoms with Crippen molar-refractivity contribution in [1.82, 2.24) is 9.21 Å². The van der Waals surface area contributed by atoms with E-state index in [1.807, 2.05) is 6.07 Å². The Morgan fingerprint density at radius 2 is 2.04 bits per heavy atom. The first kappa shape index (κ1) is 18.3. The van der Waals surface area contributed by atoms with Gasteiger partial charge in [-0.3, -0.25) is 4.90 Å². The second-order valence-electron chi connectivity index (χ2n) is 7.71. The van der Waals surface area contributed by atoms with Gasteiger partial charge in [-0.1, -0.05) is 6.07 Å². The van der Waals surface area contributed by atoms with Crippen LogP contribution in [-0.4, -0.2) is 56.3 Å². The number of hydrogen-bond donors (Lipinski definition) is 0. The zero-order valence-corrected chi connectivity index (χ0v) is 16.5. The van der Waals surface area contributed by atoms with Crippen molar-refractivity contribution in [3.05, 3.63) is 23.3 Å². The summed E-state index contributed by atoms with van der Waals surface area (Å²) in [4.78, 5) is 2.55. The number of rotatable bonds is 1. The molecule has 1 aromatic carbocycles. The summed E-state index contributed by atoms with van der Waals surface area (Å²) in [5, 5.41) is 0. The van der Waals surface area contributed by atoms with Crippen LogP contribution in [0.4, 0.5) is 0 Å². The van der Waals surface area contributed by atoms with Gasteiger partial charge in [0.05, 0.1) is 6.26 Å². The molecule has 2 saturated heterocycles. The summed E-state index contributed by atoms with van der Waals surface area (Å²) < 4.78 is 37.6. The molecule has 144 valence electrons. The smallest absolute Gasteiger partial charge is 0.231 e. The molecule has 1 aromatic rings. The third-order valence-corrected chi connectivity index (χ3v) is 7.66. The number of benzene rings is 1. The van der Waals surface area contributed by atoms with Crippen molar-refractivity contribution in [2.75, 3.05) is 32.7 Å². The van der Waals surface area contributed by atoms with Crippen molar-refractivity contribution in [3.8, 4) is 11.5 Å². The summed E-state index contributed by atoms with van der Waals surface area (Å²) in [5.74, 6) is 2.20. The van der Waals surface area contributed by atoms with Crippen LogP contribution in [-0.2, 0) is 16.4 Å². The van der Waals surface area contributed by atoms with Gasteiger partial charge >= 0.3 is 0 Å². The normalized spacial score (nSPS) is 30.7. The first-order valence-corrected chi connectivity index (χ1v) is 11.0. The first-order valence-electron chi connectivity index (χ1n) is 9.14. The van der Waals surface area contributed by atoms with Crippen LogP contribution in [0.5, 0.6) is 11.5 Å². The van der Waals surface area contributed by atoms with Gasteiger partial charge in [0, 0.05) is 37.3 Å². The molecule has 2 fully saturated rings. The van der Waals surface area contributed by atoms with E-state index < -0.39 is 10.0 Å². The minimum absolute atomic E-state index is 0. The minimum atomic E-state index is -3.15. The van der Waals surface area contributed by atoms with E-state index >= 15 is 0 Å². The Morgan fingerprint density at radius 3 is 2.85 bits per heavy atom. The monoisotopic (exact) mass is 400 g/mol. The lowest BCUT2D eigenvalue weighted by Gasteiger charge is -2.51. The van der Waals surface area contributed by atoms with E-state index in [1.54, 1.807) is 4.31 Å². The first-order chi connectivity index (χ1) is 12.0. The molecule has 0 spiro atoms. The third kappa shape index (κ3) is 2.80. The zero-order chi connectivity index (χ0) is 17.2. The van der Waals surface area contributed by atoms with Gasteiger partial charge in [-0.25, -0.2) is 8.42 Å². The molecule has 5 rings (SSSR count). The second-order valence-corrected chi connectivity index (χ2v) is 9.64. The molecule has 0 N–H and O–H groups in total. The summed E-state index contributed by atoms with van der Waals surface area (Å²) in [6.07, 6.45) is 5.32. The number of nitrogens with zero attached hydrogens (tertiary/aromatic N) is 2. The van der Waals surface area contributed by atoms with E-state index in [2.05, 4.69) is 11.0 Å². The summed E-state index contributed by atoms with van der Waals surface area (Å²) in [7, 11) is -3.15. The quantitative estimate of drug-likeness (QED) is 0.723. The highest BCUT2D eigenvalue weighted by Gasteiger charge is 2.45. The van der Waals surface area contributed by atoms with E-state index in [9.17, 15) is 8.42 Å². The van der Waals surface area contributed by atoms with Crippen molar-refractivity contribution in [2.24, 2.45) is 5.92 Å². The van der Waals surface area contributed by atoms with E-state index in [0.717, 1.165) is 50.3 Å². The largest absolute Gasteiger partial charge is 0.454 e. The number of piperidine rings is 2. The standard InChI is InChI=1S/C18H24N2O4S.ClH/c1-25(21,22)20-7-2-3-12-10-19-8-6-14-13(16(19)9-15(12)20)4-5-17-18(14)24-11-23-17;/h4-5,12,15-16H,2-3,6-11H2,1H3;1H/t12-,15+,16-;/m1./s1. The van der Waals surface area contributed by atoms with Crippen LogP contribution in [0.15, 0.2) is 12.1 Å². The van der Waals surface area contributed by atoms with Crippen molar-refractivity contribution in [2.45, 2.75) is 37.8 Å². The fourth-order valence-electron chi connectivity index (χ4n) is 5.29. The maximum atomic E-state index is 12.3. The molecule has 4 aliphatic heterocycles. The van der Waals surface area contributed by atoms with Gasteiger partial charge in [0.1, 0.15) is 0 Å². The van der Waals surface area contributed by atoms with E-state index in [0.29, 0.717) is 19.3 Å². The van der Waals surface area contributed by atoms with Crippen molar-refractivity contribution < 1.29 is 17.9 Å². The lowest BCUT2D eigenvalue weighted by molar-refractivity contribution is 0.0219. The highest BCUT2D eigenvalue weighted by atomic mass is 35.5. The Bertz CT molecular complexity index is 816. The van der Waals surface area contributed by atoms with Gasteiger partial charge in [-0.2, -0.15) is 4.31 Å². The highest BCUT2D eigenvalue weighted by molar-refractivity contribution is 7.88. The lowest BCUT2D eigenvalue weighted by atomic mass is 9.77. The van der Waals surface area contributed by atoms with Crippen molar-refractivity contribution in [3.63, 3.8) is 0 Å². The third-order valence-electron chi connectivity index (χ3n) is 6.35. The summed E-state index contributed by atoms with van der Waals surface area (Å²) in [5.41, 5.74) is 2.56. The van der Waals surface area contributed by atoms with E-state index in [4.69, 9.17) is 9.47 Å². The fourth-order valence-corrected chi connectivity index (χ4v) is 6.50. The SMILES string of the molecule is CS(=O)(=O)N1CCC[C@@H]2CN3CCc4c(ccc5c4OCO5)[C@H]3C[C@@H]21.Cl. The van der Waals surface area contributed by atoms with Crippen LogP contribution in [0.25, 0.3) is 0 Å². The predicted molar refractivity (Wildman–Crippen MR) is 101 cm³/mol. The summed E-state index contributed by atoms with van der Waals surface area (Å²) >= 11 is 0. The molecule has 0 aromatic heterocycles. The molecule has 8 heteroatoms. The predicted octanol–water partition coefficient (Wildman–Crippen LogP) is 2.18. The average molecular weight is 401 g/mol. The number of halogens is 1. The summed E-state index contributed by atoms with van der Waals surface area (Å²) in [6, 6.07) is 4.57. The Labute approximate surface area is 160 Å². The Hall–Kier alpha value is -1.02. The Balaban J connectivity index is 0.00000168. The zero-order valence-electron chi connectivity index (χ0n) is 14.9. The number of ether oxygens (including phenoxy) is 2. The van der Waals surface area contributed by atoms with Crippen LogP contribution in [0.3, 0.4) is 0 Å². The second kappa shape index (κ2) is 6.55. The molecule has 3 atom stereocenters. The molecule has 6 nitrogen and oxygen atoms in total. The Morgan fingerprint density at radius 1 is 1.19 bits per heavy atom. The van der Waals surface area contributed by atoms with Gasteiger partial charge < -0.3 is 9.47 Å². The topological polar surface area (TPSA) is 59.1 Å². The minimum Gasteiger partial charge on any atom is -0.454 e. The molecule has 0 radical (unpaired) electrons. The lowest BCUT2D eigenvalue weighted by Crippen LogP contribution is -2.57. The van der Waals surface area contributed by atoms with Crippen LogP contribution >= 0.6 is 12.4 Å². The van der Waals surface area contributed by atoms with Crippen molar-refractivity contribution in [1.29, 1.82) is 0 Å². The molecule has 26 heavy (non-hydrogen) atoms. The molecule has 0 aliphatic carbocycles. The molecule has 4 heterocycles. The summed E-state index contributed by atoms with van der Waals surface area (Å²) in [6.45, 7) is 2.97. The fraction of sp³-hybridized carbons (Fsp3) is 0.667. The Kier molecular flexibility index (Phi) is 4.62. The molecule has 0 amide bonds. The molecular weight excluding hydrogens is 376 g/mol. The van der Waals surface area contributed by atoms with Gasteiger partial charge in [-0.15, -0.1) is 12.4 Å². The van der Waals surface area contributed by atoms with E-state index in [-0.39, 0.29) is 24.5 Å². The molecule has 0 saturated carbocycles. The van der Waals surface area contributed by atoms with Gasteiger partial charge in [0.15, 0.2) is 11.5 Å². The van der Waals surface area contributed by atoms with Gasteiger partial charge in [-0.05, 0) is 43.2 Å². The highest BCUT2D eigenvalue weighted by Crippen LogP contribution is 2.48. The number of hydrogen-bond acceptors (Lipinski definition) is 5. The average Bonchev–Trinajstić information content (AvgIpc) is 3.07. The van der Waals surface area contributed by atoms with Gasteiger partial charge in [0.2, 0.25) is 16.8 Å². The van der Waals surface area contributed by atoms with Crippen LogP contribution in [0.1, 0.15) is 36.4 Å². The molecule has 4 aliphatic rings. The maximum Gasteiger partial charge on any atom is 0.231 e. The van der Waals surface area contributed by atoms with Crippen LogP contribution < -0.4 is 9.47 Å².